The summed E-state index contributed by atoms with van der Waals surface area (Å²) in [4.78, 5) is 14.8. The monoisotopic (exact) mass is 235 g/mol. The fourth-order valence-electron chi connectivity index (χ4n) is 2.18. The van der Waals surface area contributed by atoms with Crippen LogP contribution in [0.2, 0.25) is 0 Å². The van der Waals surface area contributed by atoms with Crippen LogP contribution in [0.1, 0.15) is 42.5 Å². The first kappa shape index (κ1) is 11.9. The Hall–Kier alpha value is -1.58. The van der Waals surface area contributed by atoms with Crippen molar-refractivity contribution in [1.29, 1.82) is 0 Å². The molecule has 4 heteroatoms. The zero-order valence-electron chi connectivity index (χ0n) is 9.76. The Morgan fingerprint density at radius 1 is 1.41 bits per heavy atom. The Morgan fingerprint density at radius 2 is 2.18 bits per heavy atom. The van der Waals surface area contributed by atoms with Gasteiger partial charge >= 0.3 is 5.97 Å². The van der Waals surface area contributed by atoms with Crippen molar-refractivity contribution < 1.29 is 14.6 Å². The van der Waals surface area contributed by atoms with Crippen LogP contribution >= 0.6 is 0 Å². The first-order valence-electron chi connectivity index (χ1n) is 6.08. The third-order valence-corrected chi connectivity index (χ3v) is 3.17. The molecule has 92 valence electrons. The second-order valence-electron chi connectivity index (χ2n) is 4.50. The summed E-state index contributed by atoms with van der Waals surface area (Å²) in [7, 11) is 0. The average Bonchev–Trinajstić information content (AvgIpc) is 2.38. The zero-order chi connectivity index (χ0) is 12.1. The standard InChI is InChI=1S/C13H17NO3/c15-13(16)11-6-7-14-12(8-11)17-9-10-4-2-1-3-5-10/h6-8,10H,1-5,9H2,(H,15,16). The van der Waals surface area contributed by atoms with Crippen molar-refractivity contribution in [3.63, 3.8) is 0 Å². The Labute approximate surface area is 101 Å². The maximum atomic E-state index is 10.8. The summed E-state index contributed by atoms with van der Waals surface area (Å²) in [6.07, 6.45) is 7.76. The van der Waals surface area contributed by atoms with E-state index in [-0.39, 0.29) is 5.56 Å². The lowest BCUT2D eigenvalue weighted by atomic mass is 9.90. The summed E-state index contributed by atoms with van der Waals surface area (Å²) in [5.74, 6) is 0.0597. The summed E-state index contributed by atoms with van der Waals surface area (Å²) >= 11 is 0. The number of carboxylic acid groups (broad SMARTS) is 1. The topological polar surface area (TPSA) is 59.4 Å². The fraction of sp³-hybridized carbons (Fsp3) is 0.538. The summed E-state index contributed by atoms with van der Waals surface area (Å²) in [5.41, 5.74) is 0.221. The molecule has 0 amide bonds. The molecule has 0 aromatic carbocycles. The Morgan fingerprint density at radius 3 is 2.88 bits per heavy atom. The molecule has 4 nitrogen and oxygen atoms in total. The van der Waals surface area contributed by atoms with Gasteiger partial charge < -0.3 is 9.84 Å². The average molecular weight is 235 g/mol. The highest BCUT2D eigenvalue weighted by atomic mass is 16.5. The van der Waals surface area contributed by atoms with Gasteiger partial charge in [-0.3, -0.25) is 0 Å². The molecule has 1 aliphatic rings. The van der Waals surface area contributed by atoms with Gasteiger partial charge in [0.1, 0.15) is 0 Å². The number of aromatic nitrogens is 1. The van der Waals surface area contributed by atoms with Gasteiger partial charge in [-0.25, -0.2) is 9.78 Å². The van der Waals surface area contributed by atoms with E-state index in [0.29, 0.717) is 18.4 Å². The number of nitrogens with zero attached hydrogens (tertiary/aromatic N) is 1. The molecule has 0 aliphatic heterocycles. The minimum absolute atomic E-state index is 0.221. The molecule has 1 saturated carbocycles. The first-order valence-corrected chi connectivity index (χ1v) is 6.08. The number of aromatic carboxylic acids is 1. The number of hydrogen-bond donors (Lipinski definition) is 1. The quantitative estimate of drug-likeness (QED) is 0.871. The summed E-state index contributed by atoms with van der Waals surface area (Å²) in [6.45, 7) is 0.649. The van der Waals surface area contributed by atoms with Gasteiger partial charge in [-0.15, -0.1) is 0 Å². The lowest BCUT2D eigenvalue weighted by Crippen LogP contribution is -2.15. The van der Waals surface area contributed by atoms with E-state index in [0.717, 1.165) is 0 Å². The third kappa shape index (κ3) is 3.44. The molecule has 1 aromatic rings. The molecule has 0 radical (unpaired) electrons. The number of carbonyl (C=O) groups is 1. The van der Waals surface area contributed by atoms with Gasteiger partial charge in [0, 0.05) is 12.3 Å². The van der Waals surface area contributed by atoms with E-state index in [9.17, 15) is 4.79 Å². The van der Waals surface area contributed by atoms with Crippen LogP contribution in [0.5, 0.6) is 5.88 Å². The van der Waals surface area contributed by atoms with E-state index < -0.39 is 5.97 Å². The van der Waals surface area contributed by atoms with E-state index in [1.54, 1.807) is 0 Å². The van der Waals surface area contributed by atoms with Crippen LogP contribution < -0.4 is 4.74 Å². The fourth-order valence-corrected chi connectivity index (χ4v) is 2.18. The van der Waals surface area contributed by atoms with Gasteiger partial charge in [0.2, 0.25) is 5.88 Å². The Balaban J connectivity index is 1.89. The Kier molecular flexibility index (Phi) is 3.96. The van der Waals surface area contributed by atoms with Crippen LogP contribution in [0.25, 0.3) is 0 Å². The number of carboxylic acids is 1. The highest BCUT2D eigenvalue weighted by Gasteiger charge is 2.14. The predicted molar refractivity (Wildman–Crippen MR) is 63.3 cm³/mol. The number of ether oxygens (including phenoxy) is 1. The highest BCUT2D eigenvalue weighted by Crippen LogP contribution is 2.24. The van der Waals surface area contributed by atoms with E-state index >= 15 is 0 Å². The van der Waals surface area contributed by atoms with Gasteiger partial charge in [-0.2, -0.15) is 0 Å². The lowest BCUT2D eigenvalue weighted by Gasteiger charge is -2.21. The van der Waals surface area contributed by atoms with E-state index in [2.05, 4.69) is 4.98 Å². The van der Waals surface area contributed by atoms with Gasteiger partial charge in [0.25, 0.3) is 0 Å². The molecule has 0 bridgehead atoms. The van der Waals surface area contributed by atoms with Crippen molar-refractivity contribution in [3.8, 4) is 5.88 Å². The van der Waals surface area contributed by atoms with Crippen LogP contribution in [0.15, 0.2) is 18.3 Å². The minimum Gasteiger partial charge on any atom is -0.478 e. The van der Waals surface area contributed by atoms with Crippen molar-refractivity contribution in [1.82, 2.24) is 4.98 Å². The van der Waals surface area contributed by atoms with Gasteiger partial charge in [0.15, 0.2) is 0 Å². The Bertz CT molecular complexity index is 386. The summed E-state index contributed by atoms with van der Waals surface area (Å²) in [5, 5.41) is 8.84. The van der Waals surface area contributed by atoms with E-state index in [1.165, 1.54) is 50.4 Å². The molecule has 1 heterocycles. The van der Waals surface area contributed by atoms with Gasteiger partial charge in [-0.1, -0.05) is 19.3 Å². The van der Waals surface area contributed by atoms with Crippen LogP contribution in [0.3, 0.4) is 0 Å². The molecule has 2 rings (SSSR count). The molecule has 0 spiro atoms. The number of hydrogen-bond acceptors (Lipinski definition) is 3. The largest absolute Gasteiger partial charge is 0.478 e. The van der Waals surface area contributed by atoms with Crippen LogP contribution in [-0.2, 0) is 0 Å². The summed E-state index contributed by atoms with van der Waals surface area (Å²) < 4.78 is 5.56. The van der Waals surface area contributed by atoms with Crippen LogP contribution in [-0.4, -0.2) is 22.7 Å². The molecule has 1 fully saturated rings. The van der Waals surface area contributed by atoms with Crippen molar-refractivity contribution in [3.05, 3.63) is 23.9 Å². The molecule has 1 aromatic heterocycles. The third-order valence-electron chi connectivity index (χ3n) is 3.17. The minimum atomic E-state index is -0.949. The predicted octanol–water partition coefficient (Wildman–Crippen LogP) is 2.74. The SMILES string of the molecule is O=C(O)c1ccnc(OCC2CCCCC2)c1. The van der Waals surface area contributed by atoms with Crippen LogP contribution in [0, 0.1) is 5.92 Å². The number of rotatable bonds is 4. The lowest BCUT2D eigenvalue weighted by molar-refractivity contribution is 0.0696. The molecular weight excluding hydrogens is 218 g/mol. The van der Waals surface area contributed by atoms with Gasteiger partial charge in [-0.05, 0) is 24.8 Å². The molecule has 0 atom stereocenters. The maximum absolute atomic E-state index is 10.8. The molecule has 1 N–H and O–H groups in total. The van der Waals surface area contributed by atoms with Crippen molar-refractivity contribution in [2.75, 3.05) is 6.61 Å². The maximum Gasteiger partial charge on any atom is 0.335 e. The molecule has 0 saturated heterocycles. The van der Waals surface area contributed by atoms with Crippen molar-refractivity contribution >= 4 is 5.97 Å². The second kappa shape index (κ2) is 5.66. The van der Waals surface area contributed by atoms with Crippen molar-refractivity contribution in [2.45, 2.75) is 32.1 Å². The highest BCUT2D eigenvalue weighted by molar-refractivity contribution is 5.87. The van der Waals surface area contributed by atoms with E-state index in [1.807, 2.05) is 0 Å². The summed E-state index contributed by atoms with van der Waals surface area (Å²) in [6, 6.07) is 2.95. The van der Waals surface area contributed by atoms with E-state index in [4.69, 9.17) is 9.84 Å². The first-order chi connectivity index (χ1) is 8.25. The molecule has 0 unspecified atom stereocenters. The molecule has 17 heavy (non-hydrogen) atoms. The van der Waals surface area contributed by atoms with Gasteiger partial charge in [0.05, 0.1) is 12.2 Å². The van der Waals surface area contributed by atoms with Crippen molar-refractivity contribution in [2.24, 2.45) is 5.92 Å². The smallest absolute Gasteiger partial charge is 0.335 e. The molecular formula is C13H17NO3. The normalized spacial score (nSPS) is 16.7. The molecule has 1 aliphatic carbocycles. The number of pyridine rings is 1. The van der Waals surface area contributed by atoms with Crippen LogP contribution in [0.4, 0.5) is 0 Å². The zero-order valence-corrected chi connectivity index (χ0v) is 9.76. The second-order valence-corrected chi connectivity index (χ2v) is 4.50.